The summed E-state index contributed by atoms with van der Waals surface area (Å²) in [6.45, 7) is 13.6. The molecule has 0 N–H and O–H groups in total. The minimum atomic E-state index is -0.385. The Labute approximate surface area is 211 Å². The van der Waals surface area contributed by atoms with Crippen molar-refractivity contribution in [1.29, 1.82) is 0 Å². The first-order valence-electron chi connectivity index (χ1n) is 12.8. The number of morpholine rings is 1. The van der Waals surface area contributed by atoms with Crippen LogP contribution < -0.4 is 15.3 Å². The average molecular weight is 494 g/mol. The molecule has 9 heteroatoms. The Morgan fingerprint density at radius 3 is 2.44 bits per heavy atom. The number of ether oxygens (including phenoxy) is 2. The SMILES string of the molecule is COc1cc(C(C)C)c2c(=O)oc(-c3cccnc3N3CCN(CCN4CCOCC4)CC3)nc2c1. The summed E-state index contributed by atoms with van der Waals surface area (Å²) in [5.41, 5.74) is 1.79. The van der Waals surface area contributed by atoms with Gasteiger partial charge >= 0.3 is 5.63 Å². The van der Waals surface area contributed by atoms with Crippen LogP contribution in [0.25, 0.3) is 22.4 Å². The van der Waals surface area contributed by atoms with E-state index in [0.29, 0.717) is 16.7 Å². The number of fused-ring (bicyclic) bond motifs is 1. The number of benzene rings is 1. The van der Waals surface area contributed by atoms with Crippen LogP contribution in [-0.4, -0.2) is 92.4 Å². The molecule has 0 atom stereocenters. The summed E-state index contributed by atoms with van der Waals surface area (Å²) in [5.74, 6) is 1.89. The fourth-order valence-corrected chi connectivity index (χ4v) is 5.00. The van der Waals surface area contributed by atoms with Gasteiger partial charge in [0.25, 0.3) is 0 Å². The van der Waals surface area contributed by atoms with Gasteiger partial charge in [-0.05, 0) is 29.7 Å². The van der Waals surface area contributed by atoms with Crippen LogP contribution in [0.2, 0.25) is 0 Å². The van der Waals surface area contributed by atoms with E-state index in [1.165, 1.54) is 0 Å². The molecular formula is C27H35N5O4. The fraction of sp³-hybridized carbons (Fsp3) is 0.519. The van der Waals surface area contributed by atoms with E-state index in [0.717, 1.165) is 82.5 Å². The number of piperazine rings is 1. The average Bonchev–Trinajstić information content (AvgIpc) is 2.92. The Morgan fingerprint density at radius 1 is 1.03 bits per heavy atom. The quantitative estimate of drug-likeness (QED) is 0.493. The second-order valence-corrected chi connectivity index (χ2v) is 9.73. The molecule has 0 unspecified atom stereocenters. The predicted molar refractivity (Wildman–Crippen MR) is 140 cm³/mol. The Balaban J connectivity index is 1.37. The van der Waals surface area contributed by atoms with E-state index < -0.39 is 0 Å². The van der Waals surface area contributed by atoms with Gasteiger partial charge in [-0.15, -0.1) is 0 Å². The molecule has 5 rings (SSSR count). The van der Waals surface area contributed by atoms with Crippen LogP contribution in [0.3, 0.4) is 0 Å². The molecule has 2 aliphatic rings. The van der Waals surface area contributed by atoms with Crippen LogP contribution in [0.4, 0.5) is 5.82 Å². The second kappa shape index (κ2) is 10.9. The zero-order valence-corrected chi connectivity index (χ0v) is 21.4. The molecule has 4 heterocycles. The lowest BCUT2D eigenvalue weighted by atomic mass is 9.98. The summed E-state index contributed by atoms with van der Waals surface area (Å²) in [6, 6.07) is 7.46. The highest BCUT2D eigenvalue weighted by Gasteiger charge is 2.24. The van der Waals surface area contributed by atoms with Crippen molar-refractivity contribution in [2.75, 3.05) is 77.6 Å². The van der Waals surface area contributed by atoms with Crippen LogP contribution >= 0.6 is 0 Å². The molecule has 192 valence electrons. The molecular weight excluding hydrogens is 458 g/mol. The molecule has 3 aromatic rings. The van der Waals surface area contributed by atoms with Crippen molar-refractivity contribution < 1.29 is 13.9 Å². The van der Waals surface area contributed by atoms with Crippen LogP contribution in [-0.2, 0) is 4.74 Å². The molecule has 2 aliphatic heterocycles. The maximum Gasteiger partial charge on any atom is 0.347 e. The first-order valence-corrected chi connectivity index (χ1v) is 12.8. The van der Waals surface area contributed by atoms with Gasteiger partial charge in [0.05, 0.1) is 36.8 Å². The summed E-state index contributed by atoms with van der Waals surface area (Å²) in [7, 11) is 1.62. The van der Waals surface area contributed by atoms with E-state index in [-0.39, 0.29) is 17.4 Å². The van der Waals surface area contributed by atoms with Crippen LogP contribution in [0.1, 0.15) is 25.3 Å². The van der Waals surface area contributed by atoms with Crippen molar-refractivity contribution in [2.24, 2.45) is 0 Å². The van der Waals surface area contributed by atoms with Gasteiger partial charge in [-0.25, -0.2) is 14.8 Å². The van der Waals surface area contributed by atoms with Gasteiger partial charge in [-0.1, -0.05) is 13.8 Å². The van der Waals surface area contributed by atoms with Crippen molar-refractivity contribution in [2.45, 2.75) is 19.8 Å². The summed E-state index contributed by atoms with van der Waals surface area (Å²) in [5, 5.41) is 0.508. The number of methoxy groups -OCH3 is 1. The largest absolute Gasteiger partial charge is 0.497 e. The van der Waals surface area contributed by atoms with Gasteiger partial charge in [0.2, 0.25) is 5.89 Å². The van der Waals surface area contributed by atoms with Crippen molar-refractivity contribution in [3.05, 3.63) is 46.4 Å². The van der Waals surface area contributed by atoms with Gasteiger partial charge in [0.1, 0.15) is 11.6 Å². The van der Waals surface area contributed by atoms with Crippen LogP contribution in [0, 0.1) is 0 Å². The highest BCUT2D eigenvalue weighted by molar-refractivity contribution is 5.85. The van der Waals surface area contributed by atoms with Gasteiger partial charge in [-0.2, -0.15) is 0 Å². The molecule has 0 bridgehead atoms. The smallest absolute Gasteiger partial charge is 0.347 e. The monoisotopic (exact) mass is 493 g/mol. The number of pyridine rings is 1. The highest BCUT2D eigenvalue weighted by atomic mass is 16.5. The molecule has 36 heavy (non-hydrogen) atoms. The fourth-order valence-electron chi connectivity index (χ4n) is 5.00. The molecule has 0 spiro atoms. The van der Waals surface area contributed by atoms with E-state index in [4.69, 9.17) is 18.9 Å². The van der Waals surface area contributed by atoms with Crippen molar-refractivity contribution >= 4 is 16.7 Å². The first-order chi connectivity index (χ1) is 17.5. The molecule has 1 aromatic carbocycles. The van der Waals surface area contributed by atoms with Crippen molar-refractivity contribution in [3.8, 4) is 17.2 Å². The first kappa shape index (κ1) is 24.7. The summed E-state index contributed by atoms with van der Waals surface area (Å²) in [6.07, 6.45) is 1.78. The third-order valence-electron chi connectivity index (χ3n) is 7.12. The van der Waals surface area contributed by atoms with Gasteiger partial charge in [0.15, 0.2) is 0 Å². The van der Waals surface area contributed by atoms with E-state index in [2.05, 4.69) is 19.7 Å². The lowest BCUT2D eigenvalue weighted by Gasteiger charge is -2.37. The Kier molecular flexibility index (Phi) is 7.50. The number of aromatic nitrogens is 2. The Hall–Kier alpha value is -3.01. The standard InChI is InChI=1S/C27H35N5O4/c1-19(2)22-17-20(34-3)18-23-24(22)27(33)36-26(29-23)21-5-4-6-28-25(21)32-11-9-30(10-12-32)7-8-31-13-15-35-16-14-31/h4-6,17-19H,7-16H2,1-3H3. The highest BCUT2D eigenvalue weighted by Crippen LogP contribution is 2.32. The summed E-state index contributed by atoms with van der Waals surface area (Å²) >= 11 is 0. The van der Waals surface area contributed by atoms with E-state index in [1.807, 2.05) is 32.0 Å². The van der Waals surface area contributed by atoms with Gasteiger partial charge in [0, 0.05) is 64.6 Å². The maximum absolute atomic E-state index is 13.1. The number of hydrogen-bond acceptors (Lipinski definition) is 9. The summed E-state index contributed by atoms with van der Waals surface area (Å²) in [4.78, 5) is 29.8. The lowest BCUT2D eigenvalue weighted by Crippen LogP contribution is -2.49. The lowest BCUT2D eigenvalue weighted by molar-refractivity contribution is 0.0331. The second-order valence-electron chi connectivity index (χ2n) is 9.73. The number of hydrogen-bond donors (Lipinski definition) is 0. The van der Waals surface area contributed by atoms with E-state index in [1.54, 1.807) is 19.4 Å². The Bertz CT molecular complexity index is 1250. The minimum Gasteiger partial charge on any atom is -0.497 e. The predicted octanol–water partition coefficient (Wildman–Crippen LogP) is 2.84. The number of anilines is 1. The molecule has 2 saturated heterocycles. The van der Waals surface area contributed by atoms with Crippen LogP contribution in [0.15, 0.2) is 39.7 Å². The molecule has 9 nitrogen and oxygen atoms in total. The third-order valence-corrected chi connectivity index (χ3v) is 7.12. The van der Waals surface area contributed by atoms with Crippen molar-refractivity contribution in [1.82, 2.24) is 19.8 Å². The van der Waals surface area contributed by atoms with Gasteiger partial charge < -0.3 is 18.8 Å². The molecule has 0 amide bonds. The summed E-state index contributed by atoms with van der Waals surface area (Å²) < 4.78 is 16.7. The van der Waals surface area contributed by atoms with E-state index in [9.17, 15) is 4.79 Å². The Morgan fingerprint density at radius 2 is 1.75 bits per heavy atom. The molecule has 2 aromatic heterocycles. The van der Waals surface area contributed by atoms with Gasteiger partial charge in [-0.3, -0.25) is 9.80 Å². The molecule has 2 fully saturated rings. The third kappa shape index (κ3) is 5.23. The normalized spacial score (nSPS) is 17.7. The zero-order valence-electron chi connectivity index (χ0n) is 21.4. The van der Waals surface area contributed by atoms with Crippen LogP contribution in [0.5, 0.6) is 5.75 Å². The minimum absolute atomic E-state index is 0.131. The molecule has 0 saturated carbocycles. The topological polar surface area (TPSA) is 84.2 Å². The maximum atomic E-state index is 13.1. The number of rotatable bonds is 7. The molecule has 0 aliphatic carbocycles. The molecule has 0 radical (unpaired) electrons. The number of nitrogens with zero attached hydrogens (tertiary/aromatic N) is 5. The van der Waals surface area contributed by atoms with Crippen molar-refractivity contribution in [3.63, 3.8) is 0 Å². The van der Waals surface area contributed by atoms with E-state index >= 15 is 0 Å². The zero-order chi connectivity index (χ0) is 25.1.